The lowest BCUT2D eigenvalue weighted by atomic mass is 9.97. The maximum absolute atomic E-state index is 11.7. The number of esters is 1. The molecule has 0 aliphatic carbocycles. The standard InChI is InChI=1S/C12H21NO3/c1-3-4-5-11(14)13-8-6-10(7-9-13)12(15)16-2/h10H,3-9H2,1-2H3. The van der Waals surface area contributed by atoms with Crippen LogP contribution in [0.5, 0.6) is 0 Å². The fourth-order valence-electron chi connectivity index (χ4n) is 2.02. The monoisotopic (exact) mass is 227 g/mol. The number of carbonyl (C=O) groups is 2. The van der Waals surface area contributed by atoms with Crippen molar-refractivity contribution in [3.63, 3.8) is 0 Å². The van der Waals surface area contributed by atoms with Gasteiger partial charge in [0, 0.05) is 19.5 Å². The molecule has 0 saturated carbocycles. The van der Waals surface area contributed by atoms with Crippen molar-refractivity contribution >= 4 is 11.9 Å². The van der Waals surface area contributed by atoms with Gasteiger partial charge in [0.15, 0.2) is 0 Å². The molecule has 92 valence electrons. The van der Waals surface area contributed by atoms with Crippen molar-refractivity contribution < 1.29 is 14.3 Å². The molecule has 1 heterocycles. The lowest BCUT2D eigenvalue weighted by Gasteiger charge is -2.30. The number of likely N-dealkylation sites (tertiary alicyclic amines) is 1. The highest BCUT2D eigenvalue weighted by molar-refractivity contribution is 5.77. The molecule has 1 aliphatic heterocycles. The molecule has 1 fully saturated rings. The highest BCUT2D eigenvalue weighted by Crippen LogP contribution is 2.19. The van der Waals surface area contributed by atoms with Crippen molar-refractivity contribution in [3.8, 4) is 0 Å². The molecule has 0 aromatic carbocycles. The number of rotatable bonds is 4. The van der Waals surface area contributed by atoms with E-state index in [2.05, 4.69) is 6.92 Å². The van der Waals surface area contributed by atoms with Crippen LogP contribution in [-0.4, -0.2) is 37.0 Å². The lowest BCUT2D eigenvalue weighted by Crippen LogP contribution is -2.40. The number of ether oxygens (including phenoxy) is 1. The van der Waals surface area contributed by atoms with Gasteiger partial charge in [-0.2, -0.15) is 0 Å². The molecule has 16 heavy (non-hydrogen) atoms. The third-order valence-electron chi connectivity index (χ3n) is 3.13. The van der Waals surface area contributed by atoms with E-state index >= 15 is 0 Å². The largest absolute Gasteiger partial charge is 0.469 e. The number of methoxy groups -OCH3 is 1. The molecule has 0 spiro atoms. The second kappa shape index (κ2) is 6.51. The van der Waals surface area contributed by atoms with E-state index in [1.165, 1.54) is 7.11 Å². The summed E-state index contributed by atoms with van der Waals surface area (Å²) >= 11 is 0. The van der Waals surface area contributed by atoms with E-state index in [1.54, 1.807) is 0 Å². The number of hydrogen-bond acceptors (Lipinski definition) is 3. The summed E-state index contributed by atoms with van der Waals surface area (Å²) in [6.45, 7) is 3.47. The Morgan fingerprint density at radius 1 is 1.31 bits per heavy atom. The van der Waals surface area contributed by atoms with Crippen molar-refractivity contribution in [3.05, 3.63) is 0 Å². The Morgan fingerprint density at radius 3 is 2.44 bits per heavy atom. The van der Waals surface area contributed by atoms with Crippen LogP contribution in [0.1, 0.15) is 39.0 Å². The van der Waals surface area contributed by atoms with Crippen LogP contribution in [0, 0.1) is 5.92 Å². The number of hydrogen-bond donors (Lipinski definition) is 0. The average molecular weight is 227 g/mol. The summed E-state index contributed by atoms with van der Waals surface area (Å²) in [7, 11) is 1.42. The van der Waals surface area contributed by atoms with Gasteiger partial charge >= 0.3 is 5.97 Å². The van der Waals surface area contributed by atoms with E-state index in [4.69, 9.17) is 4.74 Å². The molecule has 0 unspecified atom stereocenters. The number of amides is 1. The maximum Gasteiger partial charge on any atom is 0.308 e. The number of nitrogens with zero attached hydrogens (tertiary/aromatic N) is 1. The number of carbonyl (C=O) groups excluding carboxylic acids is 2. The van der Waals surface area contributed by atoms with Gasteiger partial charge < -0.3 is 9.64 Å². The Balaban J connectivity index is 2.31. The predicted octanol–water partition coefficient (Wildman–Crippen LogP) is 1.59. The maximum atomic E-state index is 11.7. The molecule has 0 radical (unpaired) electrons. The van der Waals surface area contributed by atoms with Gasteiger partial charge in [0.05, 0.1) is 13.0 Å². The number of piperidine rings is 1. The Kier molecular flexibility index (Phi) is 5.29. The zero-order valence-electron chi connectivity index (χ0n) is 10.2. The summed E-state index contributed by atoms with van der Waals surface area (Å²) in [6.07, 6.45) is 4.12. The minimum Gasteiger partial charge on any atom is -0.469 e. The van der Waals surface area contributed by atoms with Crippen LogP contribution in [-0.2, 0) is 14.3 Å². The van der Waals surface area contributed by atoms with Gasteiger partial charge in [-0.1, -0.05) is 13.3 Å². The summed E-state index contributed by atoms with van der Waals surface area (Å²) in [5.41, 5.74) is 0. The van der Waals surface area contributed by atoms with Gasteiger partial charge in [-0.25, -0.2) is 0 Å². The zero-order valence-corrected chi connectivity index (χ0v) is 10.2. The van der Waals surface area contributed by atoms with Crippen molar-refractivity contribution in [2.24, 2.45) is 5.92 Å². The molecule has 4 nitrogen and oxygen atoms in total. The minimum atomic E-state index is -0.138. The molecule has 1 amide bonds. The second-order valence-corrected chi connectivity index (χ2v) is 4.28. The van der Waals surface area contributed by atoms with Gasteiger partial charge in [0.1, 0.15) is 0 Å². The highest BCUT2D eigenvalue weighted by atomic mass is 16.5. The smallest absolute Gasteiger partial charge is 0.308 e. The van der Waals surface area contributed by atoms with Gasteiger partial charge in [-0.05, 0) is 19.3 Å². The Bertz CT molecular complexity index is 245. The van der Waals surface area contributed by atoms with E-state index in [0.717, 1.165) is 25.7 Å². The fraction of sp³-hybridized carbons (Fsp3) is 0.833. The van der Waals surface area contributed by atoms with Crippen molar-refractivity contribution in [2.75, 3.05) is 20.2 Å². The summed E-state index contributed by atoms with van der Waals surface area (Å²) in [5.74, 6) is 0.0750. The van der Waals surface area contributed by atoms with Crippen LogP contribution in [0.3, 0.4) is 0 Å². The van der Waals surface area contributed by atoms with E-state index < -0.39 is 0 Å². The molecule has 0 aromatic rings. The van der Waals surface area contributed by atoms with Crippen LogP contribution >= 0.6 is 0 Å². The topological polar surface area (TPSA) is 46.6 Å². The Labute approximate surface area is 96.9 Å². The lowest BCUT2D eigenvalue weighted by molar-refractivity contribution is -0.148. The second-order valence-electron chi connectivity index (χ2n) is 4.28. The molecule has 1 rings (SSSR count). The molecule has 0 atom stereocenters. The third-order valence-corrected chi connectivity index (χ3v) is 3.13. The average Bonchev–Trinajstić information content (AvgIpc) is 2.35. The van der Waals surface area contributed by atoms with Crippen molar-refractivity contribution in [1.82, 2.24) is 4.90 Å². The van der Waals surface area contributed by atoms with E-state index in [-0.39, 0.29) is 17.8 Å². The highest BCUT2D eigenvalue weighted by Gasteiger charge is 2.27. The molecule has 0 bridgehead atoms. The van der Waals surface area contributed by atoms with Gasteiger partial charge in [0.25, 0.3) is 0 Å². The van der Waals surface area contributed by atoms with Crippen molar-refractivity contribution in [1.29, 1.82) is 0 Å². The van der Waals surface area contributed by atoms with Crippen LogP contribution in [0.2, 0.25) is 0 Å². The SMILES string of the molecule is CCCCC(=O)N1CCC(C(=O)OC)CC1. The van der Waals surface area contributed by atoms with Crippen LogP contribution in [0.15, 0.2) is 0 Å². The normalized spacial score (nSPS) is 17.2. The summed E-state index contributed by atoms with van der Waals surface area (Å²) < 4.78 is 4.71. The number of unbranched alkanes of at least 4 members (excludes halogenated alkanes) is 1. The molecular weight excluding hydrogens is 206 g/mol. The molecule has 1 saturated heterocycles. The molecule has 0 N–H and O–H groups in total. The van der Waals surface area contributed by atoms with E-state index in [9.17, 15) is 9.59 Å². The summed E-state index contributed by atoms with van der Waals surface area (Å²) in [6, 6.07) is 0. The van der Waals surface area contributed by atoms with E-state index in [0.29, 0.717) is 19.5 Å². The van der Waals surface area contributed by atoms with Crippen LogP contribution in [0.25, 0.3) is 0 Å². The third kappa shape index (κ3) is 3.51. The zero-order chi connectivity index (χ0) is 12.0. The first kappa shape index (κ1) is 13.0. The van der Waals surface area contributed by atoms with Gasteiger partial charge in [-0.15, -0.1) is 0 Å². The molecule has 0 aromatic heterocycles. The first-order valence-corrected chi connectivity index (χ1v) is 6.04. The summed E-state index contributed by atoms with van der Waals surface area (Å²) in [5, 5.41) is 0. The van der Waals surface area contributed by atoms with Gasteiger partial charge in [0.2, 0.25) is 5.91 Å². The first-order valence-electron chi connectivity index (χ1n) is 6.04. The molecule has 1 aliphatic rings. The van der Waals surface area contributed by atoms with Crippen LogP contribution < -0.4 is 0 Å². The Morgan fingerprint density at radius 2 is 1.94 bits per heavy atom. The first-order chi connectivity index (χ1) is 7.69. The minimum absolute atomic E-state index is 0.0137. The van der Waals surface area contributed by atoms with E-state index in [1.807, 2.05) is 4.90 Å². The van der Waals surface area contributed by atoms with Gasteiger partial charge in [-0.3, -0.25) is 9.59 Å². The van der Waals surface area contributed by atoms with Crippen LogP contribution in [0.4, 0.5) is 0 Å². The predicted molar refractivity (Wildman–Crippen MR) is 60.8 cm³/mol. The fourth-order valence-corrected chi connectivity index (χ4v) is 2.02. The summed E-state index contributed by atoms with van der Waals surface area (Å²) in [4.78, 5) is 24.9. The van der Waals surface area contributed by atoms with Crippen molar-refractivity contribution in [2.45, 2.75) is 39.0 Å². The Hall–Kier alpha value is -1.06. The molecular formula is C12H21NO3. The quantitative estimate of drug-likeness (QED) is 0.685. The molecule has 4 heteroatoms.